The lowest BCUT2D eigenvalue weighted by Gasteiger charge is -1.74. The van der Waals surface area contributed by atoms with Crippen LogP contribution >= 0.6 is 0 Å². The molecule has 8 heavy (non-hydrogen) atoms. The van der Waals surface area contributed by atoms with Crippen LogP contribution in [0.15, 0.2) is 0 Å². The maximum absolute atomic E-state index is 8.15. The van der Waals surface area contributed by atoms with E-state index in [1.165, 1.54) is 0 Å². The van der Waals surface area contributed by atoms with E-state index in [1.807, 2.05) is 0 Å². The first-order valence-electron chi connectivity index (χ1n) is 1.91. The van der Waals surface area contributed by atoms with Gasteiger partial charge in [0.2, 0.25) is 5.69 Å². The Morgan fingerprint density at radius 1 is 1.75 bits per heavy atom. The fourth-order valence-electron chi connectivity index (χ4n) is 0.318. The van der Waals surface area contributed by atoms with Gasteiger partial charge in [-0.3, -0.25) is 0 Å². The molecule has 0 bridgehead atoms. The molecule has 0 atom stereocenters. The average Bonchev–Trinajstić information content (AvgIpc) is 2.14. The summed E-state index contributed by atoms with van der Waals surface area (Å²) >= 11 is 0. The molecule has 0 aliphatic heterocycles. The van der Waals surface area contributed by atoms with E-state index in [-0.39, 0.29) is 11.5 Å². The average molecular weight is 109 g/mol. The van der Waals surface area contributed by atoms with Gasteiger partial charge in [0.25, 0.3) is 0 Å². The molecule has 0 radical (unpaired) electrons. The summed E-state index contributed by atoms with van der Waals surface area (Å²) in [5.74, 6) is 0.215. The molecule has 1 aromatic rings. The molecular formula is C3H3N5. The Morgan fingerprint density at radius 2 is 2.50 bits per heavy atom. The number of rotatable bonds is 0. The maximum Gasteiger partial charge on any atom is 0.206 e. The van der Waals surface area contributed by atoms with Crippen LogP contribution in [-0.4, -0.2) is 15.4 Å². The van der Waals surface area contributed by atoms with E-state index in [2.05, 4.69) is 15.4 Å². The van der Waals surface area contributed by atoms with Crippen molar-refractivity contribution in [2.24, 2.45) is 0 Å². The van der Waals surface area contributed by atoms with Gasteiger partial charge in [-0.05, 0) is 0 Å². The van der Waals surface area contributed by atoms with E-state index in [0.29, 0.717) is 0 Å². The smallest absolute Gasteiger partial charge is 0.206 e. The molecule has 5 nitrogen and oxygen atoms in total. The number of aromatic amines is 1. The van der Waals surface area contributed by atoms with E-state index in [0.717, 1.165) is 0 Å². The molecule has 0 aromatic carbocycles. The van der Waals surface area contributed by atoms with Crippen molar-refractivity contribution < 1.29 is 0 Å². The van der Waals surface area contributed by atoms with Gasteiger partial charge in [0.1, 0.15) is 6.07 Å². The van der Waals surface area contributed by atoms with Crippen molar-refractivity contribution in [2.75, 3.05) is 5.73 Å². The highest BCUT2D eigenvalue weighted by Crippen LogP contribution is 1.96. The van der Waals surface area contributed by atoms with E-state index in [1.54, 1.807) is 6.07 Å². The van der Waals surface area contributed by atoms with Crippen LogP contribution in [-0.2, 0) is 0 Å². The van der Waals surface area contributed by atoms with Gasteiger partial charge in [-0.25, -0.2) is 5.10 Å². The first-order valence-corrected chi connectivity index (χ1v) is 1.91. The summed E-state index contributed by atoms with van der Waals surface area (Å²) in [6.07, 6.45) is 0. The lowest BCUT2D eigenvalue weighted by atomic mass is 10.5. The van der Waals surface area contributed by atoms with Crippen LogP contribution in [0.5, 0.6) is 0 Å². The van der Waals surface area contributed by atoms with Crippen LogP contribution in [0.25, 0.3) is 0 Å². The zero-order valence-electron chi connectivity index (χ0n) is 3.92. The monoisotopic (exact) mass is 109 g/mol. The summed E-state index contributed by atoms with van der Waals surface area (Å²) in [4.78, 5) is 0. The van der Waals surface area contributed by atoms with Crippen LogP contribution < -0.4 is 5.73 Å². The largest absolute Gasteiger partial charge is 0.382 e. The standard InChI is InChI=1S/C3H3N5/c4-1-2-3(5)7-8-6-2/h(H3,5,6,7,8). The van der Waals surface area contributed by atoms with Crippen molar-refractivity contribution in [1.29, 1.82) is 5.26 Å². The summed E-state index contributed by atoms with van der Waals surface area (Å²) in [5.41, 5.74) is 5.29. The van der Waals surface area contributed by atoms with Crippen LogP contribution in [0.4, 0.5) is 5.82 Å². The predicted molar refractivity (Wildman–Crippen MR) is 25.5 cm³/mol. The number of nitrogens with two attached hydrogens (primary N) is 1. The highest BCUT2D eigenvalue weighted by atomic mass is 15.3. The highest BCUT2D eigenvalue weighted by Gasteiger charge is 1.97. The molecule has 0 saturated carbocycles. The quantitative estimate of drug-likeness (QED) is 0.459. The van der Waals surface area contributed by atoms with Crippen molar-refractivity contribution in [1.82, 2.24) is 15.4 Å². The third kappa shape index (κ3) is 0.479. The van der Waals surface area contributed by atoms with Crippen LogP contribution in [0.2, 0.25) is 0 Å². The van der Waals surface area contributed by atoms with E-state index < -0.39 is 0 Å². The molecule has 0 unspecified atom stereocenters. The van der Waals surface area contributed by atoms with Gasteiger partial charge < -0.3 is 5.73 Å². The topological polar surface area (TPSA) is 91.4 Å². The normalized spacial score (nSPS) is 8.38. The zero-order valence-corrected chi connectivity index (χ0v) is 3.92. The van der Waals surface area contributed by atoms with E-state index >= 15 is 0 Å². The minimum absolute atomic E-state index is 0.144. The Bertz CT molecular complexity index is 218. The van der Waals surface area contributed by atoms with Crippen molar-refractivity contribution >= 4 is 5.82 Å². The number of nitriles is 1. The Labute approximate surface area is 45.1 Å². The summed E-state index contributed by atoms with van der Waals surface area (Å²) in [6.45, 7) is 0. The molecule has 0 aliphatic rings. The van der Waals surface area contributed by atoms with E-state index in [4.69, 9.17) is 11.0 Å². The maximum atomic E-state index is 8.15. The summed E-state index contributed by atoms with van der Waals surface area (Å²) in [7, 11) is 0. The number of H-pyrrole nitrogens is 1. The molecule has 5 heteroatoms. The molecule has 3 N–H and O–H groups in total. The van der Waals surface area contributed by atoms with Crippen molar-refractivity contribution in [3.05, 3.63) is 5.69 Å². The number of nitrogens with one attached hydrogen (secondary N) is 1. The van der Waals surface area contributed by atoms with Crippen molar-refractivity contribution in [3.8, 4) is 6.07 Å². The molecule has 0 aliphatic carbocycles. The highest BCUT2D eigenvalue weighted by molar-refractivity contribution is 5.40. The molecule has 0 fully saturated rings. The Balaban J connectivity index is 3.15. The van der Waals surface area contributed by atoms with Crippen molar-refractivity contribution in [3.63, 3.8) is 0 Å². The van der Waals surface area contributed by atoms with Gasteiger partial charge in [-0.2, -0.15) is 5.26 Å². The van der Waals surface area contributed by atoms with Crippen LogP contribution in [0.3, 0.4) is 0 Å². The number of hydrogen-bond acceptors (Lipinski definition) is 4. The summed E-state index contributed by atoms with van der Waals surface area (Å²) in [6, 6.07) is 1.75. The number of nitrogen functional groups attached to an aromatic ring is 1. The second kappa shape index (κ2) is 1.50. The number of hydrogen-bond donors (Lipinski definition) is 2. The molecule has 0 spiro atoms. The molecule has 1 aromatic heterocycles. The number of aromatic nitrogens is 3. The van der Waals surface area contributed by atoms with Gasteiger partial charge in [0.15, 0.2) is 5.82 Å². The van der Waals surface area contributed by atoms with E-state index in [9.17, 15) is 0 Å². The lowest BCUT2D eigenvalue weighted by Crippen LogP contribution is -1.86. The lowest BCUT2D eigenvalue weighted by molar-refractivity contribution is 0.938. The van der Waals surface area contributed by atoms with Crippen LogP contribution in [0.1, 0.15) is 5.69 Å². The van der Waals surface area contributed by atoms with Gasteiger partial charge >= 0.3 is 0 Å². The second-order valence-electron chi connectivity index (χ2n) is 1.19. The molecule has 1 rings (SSSR count). The first kappa shape index (κ1) is 4.59. The third-order valence-corrected chi connectivity index (χ3v) is 0.681. The number of nitrogens with zero attached hydrogens (tertiary/aromatic N) is 3. The minimum Gasteiger partial charge on any atom is -0.382 e. The third-order valence-electron chi connectivity index (χ3n) is 0.681. The predicted octanol–water partition coefficient (Wildman–Crippen LogP) is -0.741. The first-order chi connectivity index (χ1) is 3.84. The minimum atomic E-state index is 0.144. The number of anilines is 1. The molecule has 40 valence electrons. The van der Waals surface area contributed by atoms with Gasteiger partial charge in [-0.15, -0.1) is 5.10 Å². The van der Waals surface area contributed by atoms with Crippen LogP contribution in [0, 0.1) is 11.3 Å². The van der Waals surface area contributed by atoms with Crippen molar-refractivity contribution in [2.45, 2.75) is 0 Å². The van der Waals surface area contributed by atoms with Gasteiger partial charge in [0, 0.05) is 0 Å². The fourth-order valence-corrected chi connectivity index (χ4v) is 0.318. The van der Waals surface area contributed by atoms with Gasteiger partial charge in [-0.1, -0.05) is 5.21 Å². The molecular weight excluding hydrogens is 106 g/mol. The Hall–Kier alpha value is -1.57. The summed E-state index contributed by atoms with van der Waals surface area (Å²) < 4.78 is 0. The molecule has 1 heterocycles. The second-order valence-corrected chi connectivity index (χ2v) is 1.19. The molecule has 0 amide bonds. The summed E-state index contributed by atoms with van der Waals surface area (Å²) in [5, 5.41) is 17.1. The zero-order chi connectivity index (χ0) is 5.98. The SMILES string of the molecule is N#Cc1nn[nH]c1N. The van der Waals surface area contributed by atoms with Gasteiger partial charge in [0.05, 0.1) is 0 Å². The molecule has 0 saturated heterocycles. The fraction of sp³-hybridized carbons (Fsp3) is 0. The Morgan fingerprint density at radius 3 is 2.75 bits per heavy atom. The Kier molecular flexibility index (Phi) is 0.860.